The zero-order valence-electron chi connectivity index (χ0n) is 11.2. The zero-order valence-corrected chi connectivity index (χ0v) is 11.2. The molecule has 0 saturated heterocycles. The second kappa shape index (κ2) is 6.41. The number of aliphatic hydroxyl groups is 1. The molecule has 0 saturated carbocycles. The maximum Gasteiger partial charge on any atom is 0.129 e. The fourth-order valence-electron chi connectivity index (χ4n) is 1.87. The summed E-state index contributed by atoms with van der Waals surface area (Å²) >= 11 is 0. The molecular formula is C15H19NO3. The van der Waals surface area contributed by atoms with Gasteiger partial charge in [-0.1, -0.05) is 12.1 Å². The molecule has 1 unspecified atom stereocenters. The Labute approximate surface area is 113 Å². The van der Waals surface area contributed by atoms with Gasteiger partial charge in [0.2, 0.25) is 0 Å². The van der Waals surface area contributed by atoms with Crippen molar-refractivity contribution in [1.29, 1.82) is 0 Å². The number of aliphatic hydroxyl groups excluding tert-OH is 1. The molecule has 2 aromatic rings. The lowest BCUT2D eigenvalue weighted by atomic mass is 10.1. The molecule has 0 aliphatic heterocycles. The smallest absolute Gasteiger partial charge is 0.129 e. The number of hydrogen-bond donors (Lipinski definition) is 2. The molecule has 1 heterocycles. The maximum atomic E-state index is 8.93. The molecule has 4 heteroatoms. The predicted octanol–water partition coefficient (Wildman–Crippen LogP) is 2.63. The molecule has 4 nitrogen and oxygen atoms in total. The summed E-state index contributed by atoms with van der Waals surface area (Å²) in [6, 6.07) is 11.9. The first-order valence-corrected chi connectivity index (χ1v) is 6.28. The lowest BCUT2D eigenvalue weighted by Gasteiger charge is -2.13. The van der Waals surface area contributed by atoms with E-state index in [1.54, 1.807) is 13.2 Å². The van der Waals surface area contributed by atoms with Gasteiger partial charge in [-0.25, -0.2) is 0 Å². The third kappa shape index (κ3) is 3.59. The molecule has 0 spiro atoms. The van der Waals surface area contributed by atoms with Gasteiger partial charge < -0.3 is 19.6 Å². The van der Waals surface area contributed by atoms with Crippen LogP contribution in [-0.2, 0) is 13.2 Å². The van der Waals surface area contributed by atoms with Crippen LogP contribution in [0.15, 0.2) is 40.8 Å². The number of methoxy groups -OCH3 is 1. The Kier molecular flexibility index (Phi) is 4.60. The molecular weight excluding hydrogens is 242 g/mol. The van der Waals surface area contributed by atoms with Crippen molar-refractivity contribution in [2.24, 2.45) is 0 Å². The van der Waals surface area contributed by atoms with Gasteiger partial charge in [0, 0.05) is 6.04 Å². The van der Waals surface area contributed by atoms with Crippen LogP contribution in [-0.4, -0.2) is 12.2 Å². The Balaban J connectivity index is 1.90. The van der Waals surface area contributed by atoms with Gasteiger partial charge in [-0.3, -0.25) is 0 Å². The standard InChI is InChI=1S/C15H19NO3/c1-11(12-3-5-13(18-2)6-4-12)16-9-14-7-8-15(10-17)19-14/h3-8,11,16-17H,9-10H2,1-2H3. The Morgan fingerprint density at radius 3 is 2.42 bits per heavy atom. The molecule has 0 radical (unpaired) electrons. The summed E-state index contributed by atoms with van der Waals surface area (Å²) < 4.78 is 10.6. The molecule has 1 atom stereocenters. The predicted molar refractivity (Wildman–Crippen MR) is 72.9 cm³/mol. The molecule has 0 bridgehead atoms. The van der Waals surface area contributed by atoms with Crippen molar-refractivity contribution in [2.75, 3.05) is 7.11 Å². The second-order valence-electron chi connectivity index (χ2n) is 4.40. The van der Waals surface area contributed by atoms with Crippen LogP contribution in [0.4, 0.5) is 0 Å². The minimum atomic E-state index is -0.0615. The van der Waals surface area contributed by atoms with E-state index in [-0.39, 0.29) is 12.6 Å². The second-order valence-corrected chi connectivity index (χ2v) is 4.40. The van der Waals surface area contributed by atoms with Crippen LogP contribution in [0.5, 0.6) is 5.75 Å². The van der Waals surface area contributed by atoms with E-state index in [4.69, 9.17) is 14.3 Å². The normalized spacial score (nSPS) is 12.4. The number of nitrogens with one attached hydrogen (secondary N) is 1. The minimum Gasteiger partial charge on any atom is -0.497 e. The zero-order chi connectivity index (χ0) is 13.7. The lowest BCUT2D eigenvalue weighted by molar-refractivity contribution is 0.242. The number of furan rings is 1. The van der Waals surface area contributed by atoms with Crippen LogP contribution < -0.4 is 10.1 Å². The first-order valence-electron chi connectivity index (χ1n) is 6.28. The van der Waals surface area contributed by atoms with Gasteiger partial charge in [0.05, 0.1) is 13.7 Å². The van der Waals surface area contributed by atoms with Gasteiger partial charge in [0.25, 0.3) is 0 Å². The van der Waals surface area contributed by atoms with Crippen molar-refractivity contribution in [3.05, 3.63) is 53.5 Å². The van der Waals surface area contributed by atoms with Crippen LogP contribution in [0.25, 0.3) is 0 Å². The highest BCUT2D eigenvalue weighted by Crippen LogP contribution is 2.18. The van der Waals surface area contributed by atoms with Crippen molar-refractivity contribution < 1.29 is 14.3 Å². The van der Waals surface area contributed by atoms with E-state index in [0.717, 1.165) is 11.5 Å². The first kappa shape index (κ1) is 13.6. The number of benzene rings is 1. The van der Waals surface area contributed by atoms with Crippen LogP contribution in [0.1, 0.15) is 30.0 Å². The molecule has 102 valence electrons. The molecule has 0 fully saturated rings. The molecule has 1 aromatic heterocycles. The summed E-state index contributed by atoms with van der Waals surface area (Å²) in [5.41, 5.74) is 1.19. The topological polar surface area (TPSA) is 54.6 Å². The Morgan fingerprint density at radius 1 is 1.16 bits per heavy atom. The van der Waals surface area contributed by atoms with E-state index >= 15 is 0 Å². The molecule has 1 aromatic carbocycles. The molecule has 0 aliphatic carbocycles. The number of ether oxygens (including phenoxy) is 1. The van der Waals surface area contributed by atoms with Crippen LogP contribution in [0.3, 0.4) is 0 Å². The minimum absolute atomic E-state index is 0.0615. The Hall–Kier alpha value is -1.78. The van der Waals surface area contributed by atoms with E-state index < -0.39 is 0 Å². The molecule has 0 amide bonds. The Bertz CT molecular complexity index is 504. The van der Waals surface area contributed by atoms with Crippen molar-refractivity contribution in [2.45, 2.75) is 26.1 Å². The van der Waals surface area contributed by atoms with Gasteiger partial charge in [-0.2, -0.15) is 0 Å². The highest BCUT2D eigenvalue weighted by atomic mass is 16.5. The molecule has 2 rings (SSSR count). The summed E-state index contributed by atoms with van der Waals surface area (Å²) in [7, 11) is 1.66. The van der Waals surface area contributed by atoms with Crippen LogP contribution in [0.2, 0.25) is 0 Å². The SMILES string of the molecule is COc1ccc(C(C)NCc2ccc(CO)o2)cc1. The lowest BCUT2D eigenvalue weighted by Crippen LogP contribution is -2.17. The fraction of sp³-hybridized carbons (Fsp3) is 0.333. The summed E-state index contributed by atoms with van der Waals surface area (Å²) in [4.78, 5) is 0. The molecule has 0 aliphatic rings. The average molecular weight is 261 g/mol. The third-order valence-corrected chi connectivity index (χ3v) is 3.07. The summed E-state index contributed by atoms with van der Waals surface area (Å²) in [6.07, 6.45) is 0. The van der Waals surface area contributed by atoms with Crippen molar-refractivity contribution in [3.8, 4) is 5.75 Å². The van der Waals surface area contributed by atoms with Gasteiger partial charge in [-0.15, -0.1) is 0 Å². The van der Waals surface area contributed by atoms with Gasteiger partial charge in [0.15, 0.2) is 0 Å². The van der Waals surface area contributed by atoms with E-state index in [1.807, 2.05) is 30.3 Å². The van der Waals surface area contributed by atoms with Crippen LogP contribution >= 0.6 is 0 Å². The Morgan fingerprint density at radius 2 is 1.84 bits per heavy atom. The highest BCUT2D eigenvalue weighted by Gasteiger charge is 2.07. The molecule has 19 heavy (non-hydrogen) atoms. The average Bonchev–Trinajstić information content (AvgIpc) is 2.93. The van der Waals surface area contributed by atoms with Gasteiger partial charge in [0.1, 0.15) is 23.9 Å². The van der Waals surface area contributed by atoms with Crippen molar-refractivity contribution >= 4 is 0 Å². The van der Waals surface area contributed by atoms with Gasteiger partial charge >= 0.3 is 0 Å². The van der Waals surface area contributed by atoms with E-state index in [0.29, 0.717) is 12.3 Å². The highest BCUT2D eigenvalue weighted by molar-refractivity contribution is 5.28. The summed E-state index contributed by atoms with van der Waals surface area (Å²) in [5, 5.41) is 12.3. The number of hydrogen-bond acceptors (Lipinski definition) is 4. The first-order chi connectivity index (χ1) is 9.22. The summed E-state index contributed by atoms with van der Waals surface area (Å²) in [6.45, 7) is 2.67. The molecule has 2 N–H and O–H groups in total. The van der Waals surface area contributed by atoms with Crippen molar-refractivity contribution in [3.63, 3.8) is 0 Å². The van der Waals surface area contributed by atoms with Crippen LogP contribution in [0, 0.1) is 0 Å². The van der Waals surface area contributed by atoms with Gasteiger partial charge in [-0.05, 0) is 36.8 Å². The van der Waals surface area contributed by atoms with E-state index in [9.17, 15) is 0 Å². The van der Waals surface area contributed by atoms with Crippen molar-refractivity contribution in [1.82, 2.24) is 5.32 Å². The quantitative estimate of drug-likeness (QED) is 0.839. The third-order valence-electron chi connectivity index (χ3n) is 3.07. The van der Waals surface area contributed by atoms with E-state index in [1.165, 1.54) is 5.56 Å². The number of rotatable bonds is 6. The fourth-order valence-corrected chi connectivity index (χ4v) is 1.87. The largest absolute Gasteiger partial charge is 0.497 e. The summed E-state index contributed by atoms with van der Waals surface area (Å²) in [5.74, 6) is 2.27. The van der Waals surface area contributed by atoms with E-state index in [2.05, 4.69) is 12.2 Å². The maximum absolute atomic E-state index is 8.93. The monoisotopic (exact) mass is 261 g/mol.